The Morgan fingerprint density at radius 3 is 1.59 bits per heavy atom. The monoisotopic (exact) mass is 370 g/mol. The van der Waals surface area contributed by atoms with Crippen molar-refractivity contribution in [1.82, 2.24) is 0 Å². The fraction of sp³-hybridized carbons (Fsp3) is 0.0345. The van der Waals surface area contributed by atoms with Gasteiger partial charge in [0.1, 0.15) is 0 Å². The van der Waals surface area contributed by atoms with Crippen molar-refractivity contribution >= 4 is 27.1 Å². The number of hydrogen-bond acceptors (Lipinski definition) is 0. The lowest BCUT2D eigenvalue weighted by Crippen LogP contribution is -1.92. The van der Waals surface area contributed by atoms with Crippen LogP contribution in [-0.2, 0) is 0 Å². The van der Waals surface area contributed by atoms with Crippen LogP contribution >= 0.6 is 0 Å². The van der Waals surface area contributed by atoms with Gasteiger partial charge in [-0.1, -0.05) is 104 Å². The summed E-state index contributed by atoms with van der Waals surface area (Å²) in [7, 11) is 0. The summed E-state index contributed by atoms with van der Waals surface area (Å²) in [5, 5.41) is 5.07. The number of hydrogen-bond donors (Lipinski definition) is 0. The summed E-state index contributed by atoms with van der Waals surface area (Å²) in [5.74, 6) is 0. The van der Waals surface area contributed by atoms with Crippen LogP contribution < -0.4 is 0 Å². The molecule has 5 rings (SSSR count). The van der Waals surface area contributed by atoms with Gasteiger partial charge in [-0.25, -0.2) is 0 Å². The van der Waals surface area contributed by atoms with Gasteiger partial charge in [0, 0.05) is 0 Å². The molecule has 0 spiro atoms. The third-order valence-electron chi connectivity index (χ3n) is 5.62. The lowest BCUT2D eigenvalue weighted by Gasteiger charge is -2.18. The summed E-state index contributed by atoms with van der Waals surface area (Å²) < 4.78 is 0. The molecule has 0 bridgehead atoms. The average Bonchev–Trinajstić information content (AvgIpc) is 2.77. The zero-order chi connectivity index (χ0) is 19.8. The molecule has 0 nitrogen and oxygen atoms in total. The van der Waals surface area contributed by atoms with Crippen molar-refractivity contribution in [3.63, 3.8) is 0 Å². The largest absolute Gasteiger partial charge is 0.0955 e. The number of fused-ring (bicyclic) bond motifs is 2. The Hall–Kier alpha value is -3.64. The van der Waals surface area contributed by atoms with E-state index in [9.17, 15) is 0 Å². The predicted molar refractivity (Wildman–Crippen MR) is 127 cm³/mol. The van der Waals surface area contributed by atoms with Crippen molar-refractivity contribution in [3.8, 4) is 22.3 Å². The van der Waals surface area contributed by atoms with Crippen molar-refractivity contribution in [2.75, 3.05) is 0 Å². The molecule has 0 saturated heterocycles. The summed E-state index contributed by atoms with van der Waals surface area (Å²) in [6.45, 7) is 6.38. The van der Waals surface area contributed by atoms with Gasteiger partial charge in [-0.05, 0) is 67.9 Å². The number of benzene rings is 5. The van der Waals surface area contributed by atoms with E-state index in [1.807, 2.05) is 0 Å². The van der Waals surface area contributed by atoms with E-state index >= 15 is 0 Å². The van der Waals surface area contributed by atoms with Crippen LogP contribution in [0.3, 0.4) is 0 Å². The van der Waals surface area contributed by atoms with E-state index in [1.54, 1.807) is 0 Å². The standard InChI is InChI=1S/C29H22/c1-20(2)28-24-15-6-8-17-26(24)29(27-18-9-7-16-25(27)28)23-14-10-13-22(19-23)21-11-4-3-5-12-21/h3-19H,1H2,2H3. The molecule has 138 valence electrons. The fourth-order valence-electron chi connectivity index (χ4n) is 4.38. The van der Waals surface area contributed by atoms with E-state index in [0.29, 0.717) is 0 Å². The summed E-state index contributed by atoms with van der Waals surface area (Å²) in [5.41, 5.74) is 7.36. The van der Waals surface area contributed by atoms with Crippen LogP contribution in [0.25, 0.3) is 49.4 Å². The van der Waals surface area contributed by atoms with Crippen molar-refractivity contribution in [1.29, 1.82) is 0 Å². The van der Waals surface area contributed by atoms with Crippen LogP contribution in [0.15, 0.2) is 110 Å². The summed E-state index contributed by atoms with van der Waals surface area (Å²) in [6, 6.07) is 36.9. The minimum absolute atomic E-state index is 1.10. The summed E-state index contributed by atoms with van der Waals surface area (Å²) in [6.07, 6.45) is 0. The predicted octanol–water partition coefficient (Wildman–Crippen LogP) is 8.36. The molecule has 5 aromatic rings. The van der Waals surface area contributed by atoms with Crippen molar-refractivity contribution < 1.29 is 0 Å². The van der Waals surface area contributed by atoms with E-state index in [2.05, 4.69) is 117 Å². The van der Waals surface area contributed by atoms with Crippen molar-refractivity contribution in [2.45, 2.75) is 6.92 Å². The molecule has 0 heteroatoms. The van der Waals surface area contributed by atoms with E-state index in [1.165, 1.54) is 49.4 Å². The molecule has 0 atom stereocenters. The molecule has 0 aliphatic carbocycles. The minimum Gasteiger partial charge on any atom is -0.0955 e. The highest BCUT2D eigenvalue weighted by molar-refractivity contribution is 6.18. The highest BCUT2D eigenvalue weighted by Crippen LogP contribution is 2.42. The van der Waals surface area contributed by atoms with Gasteiger partial charge in [-0.3, -0.25) is 0 Å². The van der Waals surface area contributed by atoms with Crippen LogP contribution in [-0.4, -0.2) is 0 Å². The van der Waals surface area contributed by atoms with Gasteiger partial charge in [-0.2, -0.15) is 0 Å². The zero-order valence-corrected chi connectivity index (χ0v) is 16.5. The molecule has 29 heavy (non-hydrogen) atoms. The molecular formula is C29H22. The van der Waals surface area contributed by atoms with E-state index < -0.39 is 0 Å². The van der Waals surface area contributed by atoms with E-state index in [0.717, 1.165) is 5.57 Å². The Labute approximate surface area is 171 Å². The first kappa shape index (κ1) is 17.5. The first-order valence-corrected chi connectivity index (χ1v) is 9.99. The summed E-state index contributed by atoms with van der Waals surface area (Å²) in [4.78, 5) is 0. The third kappa shape index (κ3) is 2.94. The number of allylic oxidation sites excluding steroid dienone is 1. The Bertz CT molecular complexity index is 1300. The quantitative estimate of drug-likeness (QED) is 0.280. The maximum atomic E-state index is 4.28. The molecule has 0 radical (unpaired) electrons. The van der Waals surface area contributed by atoms with Gasteiger partial charge in [0.2, 0.25) is 0 Å². The zero-order valence-electron chi connectivity index (χ0n) is 16.5. The topological polar surface area (TPSA) is 0 Å². The van der Waals surface area contributed by atoms with Crippen molar-refractivity contribution in [2.24, 2.45) is 0 Å². The Morgan fingerprint density at radius 1 is 0.517 bits per heavy atom. The van der Waals surface area contributed by atoms with E-state index in [4.69, 9.17) is 0 Å². The molecule has 0 N–H and O–H groups in total. The third-order valence-corrected chi connectivity index (χ3v) is 5.62. The van der Waals surface area contributed by atoms with Gasteiger partial charge in [-0.15, -0.1) is 0 Å². The first-order chi connectivity index (χ1) is 14.2. The fourth-order valence-corrected chi connectivity index (χ4v) is 4.38. The Kier molecular flexibility index (Phi) is 4.26. The maximum Gasteiger partial charge on any atom is -0.00262 e. The molecular weight excluding hydrogens is 348 g/mol. The van der Waals surface area contributed by atoms with Gasteiger partial charge >= 0.3 is 0 Å². The molecule has 0 unspecified atom stereocenters. The normalized spacial score (nSPS) is 11.1. The average molecular weight is 370 g/mol. The molecule has 0 aromatic heterocycles. The summed E-state index contributed by atoms with van der Waals surface area (Å²) >= 11 is 0. The number of rotatable bonds is 3. The minimum atomic E-state index is 1.10. The molecule has 0 amide bonds. The maximum absolute atomic E-state index is 4.28. The van der Waals surface area contributed by atoms with Crippen molar-refractivity contribution in [3.05, 3.63) is 115 Å². The molecule has 0 aliphatic rings. The van der Waals surface area contributed by atoms with Crippen LogP contribution in [0.5, 0.6) is 0 Å². The van der Waals surface area contributed by atoms with Gasteiger partial charge < -0.3 is 0 Å². The lowest BCUT2D eigenvalue weighted by atomic mass is 9.86. The SMILES string of the molecule is C=C(C)c1c2ccccc2c(-c2cccc(-c3ccccc3)c2)c2ccccc12. The molecule has 0 aliphatic heterocycles. The molecule has 0 fully saturated rings. The Morgan fingerprint density at radius 2 is 1.00 bits per heavy atom. The second-order valence-electron chi connectivity index (χ2n) is 7.57. The highest BCUT2D eigenvalue weighted by atomic mass is 14.2. The van der Waals surface area contributed by atoms with Gasteiger partial charge in [0.05, 0.1) is 0 Å². The van der Waals surface area contributed by atoms with E-state index in [-0.39, 0.29) is 0 Å². The van der Waals surface area contributed by atoms with Crippen LogP contribution in [0, 0.1) is 0 Å². The van der Waals surface area contributed by atoms with Gasteiger partial charge in [0.15, 0.2) is 0 Å². The highest BCUT2D eigenvalue weighted by Gasteiger charge is 2.15. The molecule has 0 heterocycles. The second-order valence-corrected chi connectivity index (χ2v) is 7.57. The first-order valence-electron chi connectivity index (χ1n) is 9.99. The van der Waals surface area contributed by atoms with Crippen LogP contribution in [0.1, 0.15) is 12.5 Å². The smallest absolute Gasteiger partial charge is 0.00262 e. The van der Waals surface area contributed by atoms with Gasteiger partial charge in [0.25, 0.3) is 0 Å². The molecule has 5 aromatic carbocycles. The second kappa shape index (κ2) is 7.07. The van der Waals surface area contributed by atoms with Crippen LogP contribution in [0.4, 0.5) is 0 Å². The Balaban J connectivity index is 1.89. The van der Waals surface area contributed by atoms with Crippen LogP contribution in [0.2, 0.25) is 0 Å². The lowest BCUT2D eigenvalue weighted by molar-refractivity contribution is 1.60. The molecule has 0 saturated carbocycles.